The second kappa shape index (κ2) is 7.32. The molecule has 0 spiro atoms. The minimum Gasteiger partial charge on any atom is -0.480 e. The molecule has 0 aliphatic heterocycles. The number of amides is 1. The van der Waals surface area contributed by atoms with Gasteiger partial charge < -0.3 is 15.8 Å². The number of nitrogen functional groups attached to an aromatic ring is 1. The number of benzene rings is 1. The monoisotopic (exact) mass is 381 g/mol. The Balaban J connectivity index is 1.68. The minimum atomic E-state index is -0.452. The molecule has 1 aromatic carbocycles. The number of fused-ring (bicyclic) bond motifs is 1. The number of rotatable bonds is 5. The lowest BCUT2D eigenvalue weighted by atomic mass is 10.1. The molecule has 1 amide bonds. The average molecular weight is 381 g/mol. The van der Waals surface area contributed by atoms with Crippen LogP contribution < -0.4 is 15.8 Å². The summed E-state index contributed by atoms with van der Waals surface area (Å²) in [6, 6.07) is 11.0. The highest BCUT2D eigenvalue weighted by atomic mass is 32.1. The third-order valence-corrected chi connectivity index (χ3v) is 5.38. The molecule has 1 aliphatic rings. The number of aromatic nitrogens is 3. The van der Waals surface area contributed by atoms with Crippen LogP contribution in [-0.2, 0) is 12.8 Å². The molecule has 3 N–H and O–H groups in total. The van der Waals surface area contributed by atoms with Crippen molar-refractivity contribution in [2.45, 2.75) is 25.3 Å². The number of nitrogens with one attached hydrogen (secondary N) is 1. The van der Waals surface area contributed by atoms with Gasteiger partial charge in [0.2, 0.25) is 11.0 Å². The second-order valence-electron chi connectivity index (χ2n) is 6.30. The number of ether oxygens (including phenoxy) is 1. The van der Waals surface area contributed by atoms with E-state index in [9.17, 15) is 4.79 Å². The lowest BCUT2D eigenvalue weighted by molar-refractivity contribution is 0.0939. The van der Waals surface area contributed by atoms with Gasteiger partial charge in [-0.2, -0.15) is 0 Å². The summed E-state index contributed by atoms with van der Waals surface area (Å²) >= 11 is 1.25. The summed E-state index contributed by atoms with van der Waals surface area (Å²) < 4.78 is 5.37. The van der Waals surface area contributed by atoms with Crippen LogP contribution in [-0.4, -0.2) is 28.2 Å². The van der Waals surface area contributed by atoms with Crippen molar-refractivity contribution in [3.63, 3.8) is 0 Å². The zero-order chi connectivity index (χ0) is 18.8. The molecule has 1 unspecified atom stereocenters. The van der Waals surface area contributed by atoms with E-state index in [4.69, 9.17) is 10.5 Å². The molecule has 8 heteroatoms. The molecule has 4 rings (SSSR count). The fraction of sp³-hybridized carbons (Fsp3) is 0.263. The van der Waals surface area contributed by atoms with Gasteiger partial charge in [0, 0.05) is 5.69 Å². The van der Waals surface area contributed by atoms with E-state index in [-0.39, 0.29) is 5.91 Å². The Labute approximate surface area is 160 Å². The van der Waals surface area contributed by atoms with Crippen LogP contribution >= 0.6 is 11.3 Å². The maximum atomic E-state index is 13.1. The highest BCUT2D eigenvalue weighted by molar-refractivity contribution is 7.15. The van der Waals surface area contributed by atoms with Crippen molar-refractivity contribution in [3.8, 4) is 5.88 Å². The molecular formula is C19H19N5O2S. The molecular weight excluding hydrogens is 362 g/mol. The number of anilines is 1. The first-order chi connectivity index (χ1) is 13.2. The molecule has 0 fully saturated rings. The highest BCUT2D eigenvalue weighted by Crippen LogP contribution is 2.29. The molecule has 0 bridgehead atoms. The quantitative estimate of drug-likeness (QED) is 0.704. The predicted molar refractivity (Wildman–Crippen MR) is 103 cm³/mol. The van der Waals surface area contributed by atoms with Gasteiger partial charge >= 0.3 is 0 Å². The van der Waals surface area contributed by atoms with E-state index in [0.717, 1.165) is 36.1 Å². The van der Waals surface area contributed by atoms with Crippen molar-refractivity contribution in [2.75, 3.05) is 12.8 Å². The number of methoxy groups -OCH3 is 1. The number of carbonyl (C=O) groups excluding carboxylic acids is 1. The van der Waals surface area contributed by atoms with Crippen molar-refractivity contribution in [2.24, 2.45) is 0 Å². The van der Waals surface area contributed by atoms with Crippen molar-refractivity contribution < 1.29 is 9.53 Å². The topological polar surface area (TPSA) is 103 Å². The fourth-order valence-electron chi connectivity index (χ4n) is 3.28. The van der Waals surface area contributed by atoms with Gasteiger partial charge in [0.05, 0.1) is 7.11 Å². The Bertz CT molecular complexity index is 973. The number of hydrogen-bond acceptors (Lipinski definition) is 7. The first-order valence-electron chi connectivity index (χ1n) is 8.67. The van der Waals surface area contributed by atoms with Crippen LogP contribution in [0.3, 0.4) is 0 Å². The zero-order valence-electron chi connectivity index (χ0n) is 14.8. The van der Waals surface area contributed by atoms with E-state index in [0.29, 0.717) is 21.6 Å². The Hall–Kier alpha value is -3.00. The Morgan fingerprint density at radius 2 is 2.07 bits per heavy atom. The van der Waals surface area contributed by atoms with E-state index >= 15 is 0 Å². The molecule has 0 saturated heterocycles. The number of aryl methyl sites for hydroxylation is 2. The Kier molecular flexibility index (Phi) is 4.72. The first-order valence-corrected chi connectivity index (χ1v) is 9.49. The fourth-order valence-corrected chi connectivity index (χ4v) is 3.97. The van der Waals surface area contributed by atoms with Crippen LogP contribution in [0.25, 0.3) is 0 Å². The summed E-state index contributed by atoms with van der Waals surface area (Å²) in [5.74, 6) is 0.0772. The van der Waals surface area contributed by atoms with Crippen LogP contribution in [0.4, 0.5) is 5.13 Å². The van der Waals surface area contributed by atoms with Gasteiger partial charge in [-0.05, 0) is 36.5 Å². The zero-order valence-corrected chi connectivity index (χ0v) is 15.6. The van der Waals surface area contributed by atoms with Crippen molar-refractivity contribution in [1.29, 1.82) is 0 Å². The highest BCUT2D eigenvalue weighted by Gasteiger charge is 2.25. The molecule has 2 aromatic heterocycles. The van der Waals surface area contributed by atoms with Gasteiger partial charge in [-0.15, -0.1) is 10.2 Å². The van der Waals surface area contributed by atoms with Crippen LogP contribution in [0.5, 0.6) is 5.88 Å². The predicted octanol–water partition coefficient (Wildman–Crippen LogP) is 2.53. The number of nitrogens with two attached hydrogens (primary N) is 1. The van der Waals surface area contributed by atoms with Gasteiger partial charge in [-0.1, -0.05) is 41.7 Å². The lowest BCUT2D eigenvalue weighted by Crippen LogP contribution is -2.30. The molecule has 138 valence electrons. The van der Waals surface area contributed by atoms with Crippen molar-refractivity contribution >= 4 is 22.4 Å². The van der Waals surface area contributed by atoms with E-state index < -0.39 is 6.04 Å². The lowest BCUT2D eigenvalue weighted by Gasteiger charge is -2.18. The van der Waals surface area contributed by atoms with Gasteiger partial charge in [0.25, 0.3) is 5.91 Å². The summed E-state index contributed by atoms with van der Waals surface area (Å²) in [6.45, 7) is 0. The molecule has 0 radical (unpaired) electrons. The van der Waals surface area contributed by atoms with Gasteiger partial charge in [0.1, 0.15) is 16.6 Å². The van der Waals surface area contributed by atoms with E-state index in [2.05, 4.69) is 20.5 Å². The number of hydrogen-bond donors (Lipinski definition) is 2. The van der Waals surface area contributed by atoms with Gasteiger partial charge in [0.15, 0.2) is 0 Å². The van der Waals surface area contributed by atoms with E-state index in [1.165, 1.54) is 18.4 Å². The van der Waals surface area contributed by atoms with Crippen LogP contribution in [0.15, 0.2) is 36.4 Å². The molecule has 1 atom stereocenters. The second-order valence-corrected chi connectivity index (χ2v) is 7.34. The number of nitrogens with zero attached hydrogens (tertiary/aromatic N) is 3. The summed E-state index contributed by atoms with van der Waals surface area (Å²) in [5.41, 5.74) is 9.19. The number of carbonyl (C=O) groups is 1. The Morgan fingerprint density at radius 3 is 2.78 bits per heavy atom. The summed E-state index contributed by atoms with van der Waals surface area (Å²) in [5, 5.41) is 12.0. The SMILES string of the molecule is COc1nc2c(cc1C(=O)NC(c1ccccc1)c1nnc(N)s1)CCC2. The first kappa shape index (κ1) is 17.4. The van der Waals surface area contributed by atoms with Crippen molar-refractivity contribution in [3.05, 3.63) is 63.8 Å². The molecule has 2 heterocycles. The molecule has 27 heavy (non-hydrogen) atoms. The van der Waals surface area contributed by atoms with Crippen LogP contribution in [0.1, 0.15) is 44.6 Å². The Morgan fingerprint density at radius 1 is 1.26 bits per heavy atom. The third kappa shape index (κ3) is 3.48. The maximum absolute atomic E-state index is 13.1. The normalized spacial score (nSPS) is 13.8. The van der Waals surface area contributed by atoms with E-state index in [1.54, 1.807) is 0 Å². The van der Waals surface area contributed by atoms with E-state index in [1.807, 2.05) is 36.4 Å². The molecule has 0 saturated carbocycles. The van der Waals surface area contributed by atoms with Gasteiger partial charge in [-0.25, -0.2) is 4.98 Å². The summed E-state index contributed by atoms with van der Waals surface area (Å²) in [7, 11) is 1.53. The summed E-state index contributed by atoms with van der Waals surface area (Å²) in [6.07, 6.45) is 2.90. The van der Waals surface area contributed by atoms with Crippen LogP contribution in [0, 0.1) is 0 Å². The molecule has 1 aliphatic carbocycles. The minimum absolute atomic E-state index is 0.267. The largest absolute Gasteiger partial charge is 0.480 e. The van der Waals surface area contributed by atoms with Crippen molar-refractivity contribution in [1.82, 2.24) is 20.5 Å². The smallest absolute Gasteiger partial charge is 0.257 e. The average Bonchev–Trinajstić information content (AvgIpc) is 3.33. The van der Waals surface area contributed by atoms with Crippen LogP contribution in [0.2, 0.25) is 0 Å². The third-order valence-electron chi connectivity index (χ3n) is 4.57. The van der Waals surface area contributed by atoms with Gasteiger partial charge in [-0.3, -0.25) is 4.79 Å². The summed E-state index contributed by atoms with van der Waals surface area (Å²) in [4.78, 5) is 17.6. The standard InChI is InChI=1S/C19H19N5O2S/c1-26-17-13(10-12-8-5-9-14(12)21-17)16(25)22-15(11-6-3-2-4-7-11)18-23-24-19(20)27-18/h2-4,6-7,10,15H,5,8-9H2,1H3,(H2,20,24)(H,22,25). The molecule has 7 nitrogen and oxygen atoms in total. The molecule has 3 aromatic rings. The number of pyridine rings is 1. The maximum Gasteiger partial charge on any atom is 0.257 e.